The van der Waals surface area contributed by atoms with Crippen LogP contribution in [0.2, 0.25) is 0 Å². The third kappa shape index (κ3) is 7.83. The van der Waals surface area contributed by atoms with Crippen LogP contribution in [0.3, 0.4) is 0 Å². The number of imidazole rings is 1. The smallest absolute Gasteiger partial charge is 0.164 e. The molecule has 4 aromatic heterocycles. The maximum atomic E-state index is 5.16. The molecule has 332 valence electrons. The highest BCUT2D eigenvalue weighted by Crippen LogP contribution is 2.36. The van der Waals surface area contributed by atoms with Gasteiger partial charge in [0.15, 0.2) is 17.5 Å². The van der Waals surface area contributed by atoms with E-state index >= 15 is 0 Å². The zero-order valence-electron chi connectivity index (χ0n) is 38.0. The van der Waals surface area contributed by atoms with Crippen molar-refractivity contribution in [2.24, 2.45) is 0 Å². The summed E-state index contributed by atoms with van der Waals surface area (Å²) < 4.78 is 2.20. The molecule has 0 aliphatic heterocycles. The van der Waals surface area contributed by atoms with Gasteiger partial charge >= 0.3 is 0 Å². The van der Waals surface area contributed by atoms with Crippen LogP contribution in [0.5, 0.6) is 0 Å². The maximum absolute atomic E-state index is 5.16. The second kappa shape index (κ2) is 17.7. The van der Waals surface area contributed by atoms with Crippen LogP contribution < -0.4 is 0 Å². The van der Waals surface area contributed by atoms with Gasteiger partial charge in [0.05, 0.1) is 55.9 Å². The third-order valence-electron chi connectivity index (χ3n) is 12.7. The van der Waals surface area contributed by atoms with Crippen molar-refractivity contribution in [3.8, 4) is 96.3 Å². The summed E-state index contributed by atoms with van der Waals surface area (Å²) in [7, 11) is 0. The van der Waals surface area contributed by atoms with Crippen molar-refractivity contribution >= 4 is 33.1 Å². The molecule has 0 bridgehead atoms. The van der Waals surface area contributed by atoms with Gasteiger partial charge in [0.1, 0.15) is 5.82 Å². The second-order valence-corrected chi connectivity index (χ2v) is 17.2. The molecule has 0 aliphatic rings. The van der Waals surface area contributed by atoms with Crippen LogP contribution in [-0.2, 0) is 0 Å². The van der Waals surface area contributed by atoms with Gasteiger partial charge in [0.2, 0.25) is 0 Å². The molecule has 0 aliphatic carbocycles. The Hall–Kier alpha value is -9.86. The molecule has 0 N–H and O–H groups in total. The fourth-order valence-corrected chi connectivity index (χ4v) is 9.14. The number of rotatable bonds is 9. The van der Waals surface area contributed by atoms with E-state index in [0.29, 0.717) is 17.5 Å². The van der Waals surface area contributed by atoms with Crippen molar-refractivity contribution < 1.29 is 0 Å². The Morgan fingerprint density at radius 2 is 0.507 bits per heavy atom. The molecule has 71 heavy (non-hydrogen) atoms. The van der Waals surface area contributed by atoms with Crippen molar-refractivity contribution in [1.82, 2.24) is 44.4 Å². The number of fused-ring (bicyclic) bond motifs is 3. The summed E-state index contributed by atoms with van der Waals surface area (Å²) in [6.45, 7) is 0. The van der Waals surface area contributed by atoms with Gasteiger partial charge in [-0.25, -0.2) is 39.9 Å². The minimum absolute atomic E-state index is 0.537. The summed E-state index contributed by atoms with van der Waals surface area (Å²) >= 11 is 0. The molecule has 9 aromatic carbocycles. The average molecular weight is 910 g/mol. The van der Waals surface area contributed by atoms with Crippen molar-refractivity contribution in [3.05, 3.63) is 237 Å². The molecule has 0 amide bonds. The highest BCUT2D eigenvalue weighted by molar-refractivity contribution is 5.89. The van der Waals surface area contributed by atoms with E-state index in [2.05, 4.69) is 102 Å². The lowest BCUT2D eigenvalue weighted by Crippen LogP contribution is -2.01. The van der Waals surface area contributed by atoms with Crippen molar-refractivity contribution in [2.45, 2.75) is 0 Å². The third-order valence-corrected chi connectivity index (χ3v) is 12.7. The molecular weight excluding hydrogens is 871 g/mol. The molecule has 0 unspecified atom stereocenters. The van der Waals surface area contributed by atoms with E-state index < -0.39 is 0 Å². The minimum Gasteiger partial charge on any atom is -0.292 e. The molecular formula is C62H39N9. The lowest BCUT2D eigenvalue weighted by molar-refractivity contribution is 1.07. The van der Waals surface area contributed by atoms with Crippen LogP contribution >= 0.6 is 0 Å². The summed E-state index contributed by atoms with van der Waals surface area (Å²) in [5, 5.41) is 0. The monoisotopic (exact) mass is 909 g/mol. The second-order valence-electron chi connectivity index (χ2n) is 17.2. The molecule has 0 atom stereocenters. The fraction of sp³-hybridized carbons (Fsp3) is 0. The predicted octanol–water partition coefficient (Wildman–Crippen LogP) is 14.4. The Kier molecular flexibility index (Phi) is 10.3. The van der Waals surface area contributed by atoms with Gasteiger partial charge in [-0.05, 0) is 48.5 Å². The topological polar surface area (TPSA) is 108 Å². The molecule has 0 saturated carbocycles. The lowest BCUT2D eigenvalue weighted by atomic mass is 10.0. The Morgan fingerprint density at radius 3 is 0.901 bits per heavy atom. The molecule has 13 rings (SSSR count). The van der Waals surface area contributed by atoms with Crippen LogP contribution in [-0.4, -0.2) is 44.4 Å². The van der Waals surface area contributed by atoms with Crippen LogP contribution in [0.1, 0.15) is 0 Å². The van der Waals surface area contributed by atoms with Crippen LogP contribution in [0.4, 0.5) is 0 Å². The van der Waals surface area contributed by atoms with E-state index in [1.54, 1.807) is 0 Å². The summed E-state index contributed by atoms with van der Waals surface area (Å²) in [4.78, 5) is 41.1. The van der Waals surface area contributed by atoms with Crippen molar-refractivity contribution in [2.75, 3.05) is 0 Å². The number of para-hydroxylation sites is 7. The van der Waals surface area contributed by atoms with Gasteiger partial charge < -0.3 is 0 Å². The lowest BCUT2D eigenvalue weighted by Gasteiger charge is -2.13. The van der Waals surface area contributed by atoms with E-state index in [0.717, 1.165) is 112 Å². The zero-order valence-corrected chi connectivity index (χ0v) is 38.0. The Balaban J connectivity index is 0.917. The van der Waals surface area contributed by atoms with E-state index in [9.17, 15) is 0 Å². The number of hydrogen-bond acceptors (Lipinski definition) is 8. The summed E-state index contributed by atoms with van der Waals surface area (Å²) in [5.74, 6) is 2.46. The quantitative estimate of drug-likeness (QED) is 0.141. The summed E-state index contributed by atoms with van der Waals surface area (Å²) in [6.07, 6.45) is 0. The van der Waals surface area contributed by atoms with Crippen LogP contribution in [0.15, 0.2) is 237 Å². The Bertz CT molecular complexity index is 3880. The van der Waals surface area contributed by atoms with Gasteiger partial charge in [0, 0.05) is 50.2 Å². The SMILES string of the molecule is c1ccc(-c2nc3ccccc3nc2-c2ccc(-c3nc(-c4ccc(-c5nc6ccccc6nc5-c5ccccc5)cc4)nc(-c4ccc(-c5nc6ccccc6n5-c5ccccc5)cc4)n3)cc2)cc1. The van der Waals surface area contributed by atoms with E-state index in [4.69, 9.17) is 39.9 Å². The largest absolute Gasteiger partial charge is 0.292 e. The fourth-order valence-electron chi connectivity index (χ4n) is 9.14. The van der Waals surface area contributed by atoms with Gasteiger partial charge in [0.25, 0.3) is 0 Å². The minimum atomic E-state index is 0.537. The van der Waals surface area contributed by atoms with E-state index in [-0.39, 0.29) is 0 Å². The maximum Gasteiger partial charge on any atom is 0.164 e. The number of aromatic nitrogens is 9. The zero-order chi connectivity index (χ0) is 47.1. The summed E-state index contributed by atoms with van der Waals surface area (Å²) in [6, 6.07) is 79.7. The first kappa shape index (κ1) is 41.3. The first-order valence-electron chi connectivity index (χ1n) is 23.4. The van der Waals surface area contributed by atoms with Gasteiger partial charge in [-0.2, -0.15) is 0 Å². The van der Waals surface area contributed by atoms with Crippen LogP contribution in [0, 0.1) is 0 Å². The van der Waals surface area contributed by atoms with Gasteiger partial charge in [-0.3, -0.25) is 4.57 Å². The molecule has 0 saturated heterocycles. The van der Waals surface area contributed by atoms with Crippen molar-refractivity contribution in [3.63, 3.8) is 0 Å². The number of hydrogen-bond donors (Lipinski definition) is 0. The molecule has 4 heterocycles. The Labute approximate surface area is 408 Å². The van der Waals surface area contributed by atoms with Crippen LogP contribution in [0.25, 0.3) is 129 Å². The normalized spacial score (nSPS) is 11.4. The summed E-state index contributed by atoms with van der Waals surface area (Å²) in [5.41, 5.74) is 16.9. The van der Waals surface area contributed by atoms with Crippen molar-refractivity contribution in [1.29, 1.82) is 0 Å². The molecule has 13 aromatic rings. The molecule has 9 heteroatoms. The molecule has 0 radical (unpaired) electrons. The predicted molar refractivity (Wildman–Crippen MR) is 284 cm³/mol. The Morgan fingerprint density at radius 1 is 0.211 bits per heavy atom. The van der Waals surface area contributed by atoms with E-state index in [1.165, 1.54) is 0 Å². The molecule has 9 nitrogen and oxygen atoms in total. The molecule has 0 fully saturated rings. The first-order chi connectivity index (χ1) is 35.2. The standard InChI is InChI=1S/C62H39N9/c1-4-16-40(17-5-1)55-57(65-51-24-12-10-22-49(51)63-55)42-28-32-44(33-29-42)59-68-60(45-34-30-43(31-35-45)58-56(41-18-6-2-7-19-41)64-50-23-11-13-25-52(50)66-58)70-61(69-59)46-36-38-47(39-37-46)62-67-53-26-14-15-27-54(53)71(62)48-20-8-3-9-21-48/h1-39H. The van der Waals surface area contributed by atoms with E-state index in [1.807, 2.05) is 140 Å². The first-order valence-corrected chi connectivity index (χ1v) is 23.4. The molecule has 0 spiro atoms. The van der Waals surface area contributed by atoms with Gasteiger partial charge in [-0.1, -0.05) is 188 Å². The highest BCUT2D eigenvalue weighted by Gasteiger charge is 2.19. The number of nitrogens with zero attached hydrogens (tertiary/aromatic N) is 9. The average Bonchev–Trinajstić information content (AvgIpc) is 3.85. The number of benzene rings is 9. The van der Waals surface area contributed by atoms with Gasteiger partial charge in [-0.15, -0.1) is 0 Å². The highest BCUT2D eigenvalue weighted by atomic mass is 15.1.